The molecular formula is C22H21N3O4S. The van der Waals surface area contributed by atoms with Gasteiger partial charge in [-0.3, -0.25) is 14.9 Å². The Kier molecular flexibility index (Phi) is 6.82. The van der Waals surface area contributed by atoms with Crippen molar-refractivity contribution in [3.8, 4) is 5.75 Å². The van der Waals surface area contributed by atoms with Crippen molar-refractivity contribution < 1.29 is 18.7 Å². The van der Waals surface area contributed by atoms with Crippen molar-refractivity contribution in [3.05, 3.63) is 77.7 Å². The summed E-state index contributed by atoms with van der Waals surface area (Å²) in [5, 5.41) is 8.53. The molecule has 0 aliphatic rings. The number of hydrogen-bond donors (Lipinski definition) is 3. The third-order valence-corrected chi connectivity index (χ3v) is 4.33. The van der Waals surface area contributed by atoms with Gasteiger partial charge in [-0.15, -0.1) is 0 Å². The van der Waals surface area contributed by atoms with Gasteiger partial charge in [0.2, 0.25) is 0 Å². The minimum Gasteiger partial charge on any atom is -0.494 e. The minimum atomic E-state index is -0.361. The second kappa shape index (κ2) is 9.71. The Labute approximate surface area is 179 Å². The maximum atomic E-state index is 12.5. The van der Waals surface area contributed by atoms with E-state index in [1.54, 1.807) is 48.5 Å². The van der Waals surface area contributed by atoms with Crippen LogP contribution in [0.5, 0.6) is 5.75 Å². The summed E-state index contributed by atoms with van der Waals surface area (Å²) in [5.74, 6) is 0.107. The molecule has 30 heavy (non-hydrogen) atoms. The fraction of sp³-hybridized carbons (Fsp3) is 0.136. The number of carbonyl (C=O) groups excluding carboxylic acids is 2. The SMILES string of the molecule is CCOc1cccc(C(=O)NC(=S)Nc2cc(NC(=O)c3ccco3)ccc2C)c1. The third-order valence-electron chi connectivity index (χ3n) is 4.12. The molecule has 0 bridgehead atoms. The normalized spacial score (nSPS) is 10.2. The summed E-state index contributed by atoms with van der Waals surface area (Å²) in [7, 11) is 0. The van der Waals surface area contributed by atoms with Crippen LogP contribution in [0.4, 0.5) is 11.4 Å². The molecule has 0 spiro atoms. The van der Waals surface area contributed by atoms with Gasteiger partial charge in [0, 0.05) is 16.9 Å². The van der Waals surface area contributed by atoms with Crippen molar-refractivity contribution in [1.29, 1.82) is 0 Å². The quantitative estimate of drug-likeness (QED) is 0.510. The van der Waals surface area contributed by atoms with E-state index in [1.807, 2.05) is 19.9 Å². The average molecular weight is 423 g/mol. The number of furan rings is 1. The van der Waals surface area contributed by atoms with E-state index in [0.717, 1.165) is 5.56 Å². The van der Waals surface area contributed by atoms with Crippen LogP contribution in [0.15, 0.2) is 65.3 Å². The number of rotatable bonds is 6. The molecule has 1 heterocycles. The molecule has 0 atom stereocenters. The zero-order valence-corrected chi connectivity index (χ0v) is 17.3. The lowest BCUT2D eigenvalue weighted by Crippen LogP contribution is -2.34. The van der Waals surface area contributed by atoms with E-state index >= 15 is 0 Å². The van der Waals surface area contributed by atoms with Crippen LogP contribution in [0.1, 0.15) is 33.4 Å². The van der Waals surface area contributed by atoms with Gasteiger partial charge >= 0.3 is 0 Å². The molecule has 8 heteroatoms. The second-order valence-corrected chi connectivity index (χ2v) is 6.74. The van der Waals surface area contributed by atoms with Gasteiger partial charge in [0.25, 0.3) is 11.8 Å². The summed E-state index contributed by atoms with van der Waals surface area (Å²) < 4.78 is 10.5. The highest BCUT2D eigenvalue weighted by Crippen LogP contribution is 2.21. The Bertz CT molecular complexity index is 1060. The van der Waals surface area contributed by atoms with E-state index in [9.17, 15) is 9.59 Å². The van der Waals surface area contributed by atoms with Gasteiger partial charge in [-0.1, -0.05) is 12.1 Å². The van der Waals surface area contributed by atoms with Crippen LogP contribution in [0, 0.1) is 6.92 Å². The third kappa shape index (κ3) is 5.45. The highest BCUT2D eigenvalue weighted by molar-refractivity contribution is 7.80. The molecule has 1 aromatic heterocycles. The molecule has 0 saturated carbocycles. The maximum absolute atomic E-state index is 12.5. The first-order chi connectivity index (χ1) is 14.5. The topological polar surface area (TPSA) is 92.6 Å². The first-order valence-corrected chi connectivity index (χ1v) is 9.68. The second-order valence-electron chi connectivity index (χ2n) is 6.33. The van der Waals surface area contributed by atoms with Gasteiger partial charge in [0.15, 0.2) is 10.9 Å². The molecule has 0 fully saturated rings. The molecule has 3 rings (SSSR count). The fourth-order valence-corrected chi connectivity index (χ4v) is 2.86. The summed E-state index contributed by atoms with van der Waals surface area (Å²) in [5.41, 5.74) is 2.53. The molecule has 0 aliphatic carbocycles. The molecule has 0 radical (unpaired) electrons. The predicted molar refractivity (Wildman–Crippen MR) is 119 cm³/mol. The highest BCUT2D eigenvalue weighted by Gasteiger charge is 2.12. The zero-order chi connectivity index (χ0) is 21.5. The number of thiocarbonyl (C=S) groups is 1. The minimum absolute atomic E-state index is 0.138. The number of hydrogen-bond acceptors (Lipinski definition) is 5. The van der Waals surface area contributed by atoms with Gasteiger partial charge in [0.1, 0.15) is 5.75 Å². The number of ether oxygens (including phenoxy) is 1. The summed E-state index contributed by atoms with van der Waals surface area (Å²) in [4.78, 5) is 24.6. The Morgan fingerprint density at radius 2 is 1.87 bits per heavy atom. The van der Waals surface area contributed by atoms with Crippen molar-refractivity contribution in [3.63, 3.8) is 0 Å². The lowest BCUT2D eigenvalue weighted by molar-refractivity contribution is 0.0974. The van der Waals surface area contributed by atoms with Crippen LogP contribution in [0.25, 0.3) is 0 Å². The Morgan fingerprint density at radius 1 is 1.03 bits per heavy atom. The van der Waals surface area contributed by atoms with Crippen molar-refractivity contribution in [2.24, 2.45) is 0 Å². The lowest BCUT2D eigenvalue weighted by Gasteiger charge is -2.14. The van der Waals surface area contributed by atoms with Crippen molar-refractivity contribution in [2.75, 3.05) is 17.2 Å². The highest BCUT2D eigenvalue weighted by atomic mass is 32.1. The Morgan fingerprint density at radius 3 is 2.60 bits per heavy atom. The summed E-state index contributed by atoms with van der Waals surface area (Å²) in [6.45, 7) is 4.27. The summed E-state index contributed by atoms with van der Waals surface area (Å²) >= 11 is 5.28. The number of amides is 2. The smallest absolute Gasteiger partial charge is 0.291 e. The van der Waals surface area contributed by atoms with Gasteiger partial charge in [-0.05, 0) is 74.1 Å². The van der Waals surface area contributed by atoms with E-state index in [2.05, 4.69) is 16.0 Å². The largest absolute Gasteiger partial charge is 0.494 e. The summed E-state index contributed by atoms with van der Waals surface area (Å²) in [6.07, 6.45) is 1.43. The fourth-order valence-electron chi connectivity index (χ4n) is 2.66. The monoisotopic (exact) mass is 423 g/mol. The Balaban J connectivity index is 1.65. The first-order valence-electron chi connectivity index (χ1n) is 9.27. The van der Waals surface area contributed by atoms with Crippen molar-refractivity contribution in [1.82, 2.24) is 5.32 Å². The molecule has 154 valence electrons. The molecule has 0 aliphatic heterocycles. The van der Waals surface area contributed by atoms with Gasteiger partial charge in [0.05, 0.1) is 12.9 Å². The molecule has 2 aromatic carbocycles. The maximum Gasteiger partial charge on any atom is 0.291 e. The molecular weight excluding hydrogens is 402 g/mol. The van der Waals surface area contributed by atoms with E-state index in [0.29, 0.717) is 29.3 Å². The van der Waals surface area contributed by atoms with Crippen LogP contribution in [-0.4, -0.2) is 23.5 Å². The lowest BCUT2D eigenvalue weighted by atomic mass is 10.1. The molecule has 2 amide bonds. The molecule has 0 unspecified atom stereocenters. The molecule has 0 saturated heterocycles. The first kappa shape index (κ1) is 21.1. The Hall–Kier alpha value is -3.65. The van der Waals surface area contributed by atoms with Crippen LogP contribution in [-0.2, 0) is 0 Å². The van der Waals surface area contributed by atoms with E-state index in [4.69, 9.17) is 21.4 Å². The number of aryl methyl sites for hydroxylation is 1. The van der Waals surface area contributed by atoms with E-state index in [1.165, 1.54) is 6.26 Å². The van der Waals surface area contributed by atoms with Gasteiger partial charge in [-0.25, -0.2) is 0 Å². The summed E-state index contributed by atoms with van der Waals surface area (Å²) in [6, 6.07) is 15.4. The standard InChI is InChI=1S/C22H21N3O4S/c1-3-28-17-7-4-6-15(12-17)20(26)25-22(30)24-18-13-16(10-9-14(18)2)23-21(27)19-8-5-11-29-19/h4-13H,3H2,1-2H3,(H,23,27)(H2,24,25,26,30). The van der Waals surface area contributed by atoms with Crippen LogP contribution >= 0.6 is 12.2 Å². The van der Waals surface area contributed by atoms with Crippen LogP contribution in [0.3, 0.4) is 0 Å². The van der Waals surface area contributed by atoms with Crippen molar-refractivity contribution in [2.45, 2.75) is 13.8 Å². The zero-order valence-electron chi connectivity index (χ0n) is 16.5. The molecule has 3 N–H and O–H groups in total. The van der Waals surface area contributed by atoms with Gasteiger partial charge in [-0.2, -0.15) is 0 Å². The van der Waals surface area contributed by atoms with Crippen LogP contribution < -0.4 is 20.7 Å². The molecule has 7 nitrogen and oxygen atoms in total. The van der Waals surface area contributed by atoms with E-state index in [-0.39, 0.29) is 22.7 Å². The number of carbonyl (C=O) groups is 2. The van der Waals surface area contributed by atoms with Crippen molar-refractivity contribution >= 4 is 40.5 Å². The van der Waals surface area contributed by atoms with E-state index < -0.39 is 0 Å². The number of nitrogens with one attached hydrogen (secondary N) is 3. The van der Waals surface area contributed by atoms with Crippen LogP contribution in [0.2, 0.25) is 0 Å². The number of benzene rings is 2. The average Bonchev–Trinajstić information content (AvgIpc) is 3.26. The predicted octanol–water partition coefficient (Wildman–Crippen LogP) is 4.37. The molecule has 3 aromatic rings. The van der Waals surface area contributed by atoms with Gasteiger partial charge < -0.3 is 19.8 Å². The number of anilines is 2.